The van der Waals surface area contributed by atoms with Crippen molar-refractivity contribution < 1.29 is 8.42 Å². The summed E-state index contributed by atoms with van der Waals surface area (Å²) in [4.78, 5) is 7.91. The average Bonchev–Trinajstić information content (AvgIpc) is 3.12. The van der Waals surface area contributed by atoms with Crippen LogP contribution in [0.2, 0.25) is 0 Å². The summed E-state index contributed by atoms with van der Waals surface area (Å²) in [5, 5.41) is 4.14. The van der Waals surface area contributed by atoms with Crippen LogP contribution in [0.15, 0.2) is 93.8 Å². The number of hydrogen-bond donors (Lipinski definition) is 2. The fourth-order valence-electron chi connectivity index (χ4n) is 2.73. The van der Waals surface area contributed by atoms with Crippen LogP contribution in [0.5, 0.6) is 0 Å². The average molecular weight is 376 g/mol. The molecule has 6 nitrogen and oxygen atoms in total. The lowest BCUT2D eigenvalue weighted by atomic mass is 10.2. The van der Waals surface area contributed by atoms with Crippen LogP contribution in [0, 0.1) is 0 Å². The van der Waals surface area contributed by atoms with Crippen LogP contribution in [-0.2, 0) is 9.84 Å². The summed E-state index contributed by atoms with van der Waals surface area (Å²) in [6, 6.07) is 22.7. The molecule has 27 heavy (non-hydrogen) atoms. The van der Waals surface area contributed by atoms with Crippen molar-refractivity contribution in [2.75, 3.05) is 5.43 Å². The highest BCUT2D eigenvalue weighted by Crippen LogP contribution is 2.23. The lowest BCUT2D eigenvalue weighted by Gasteiger charge is -2.07. The summed E-state index contributed by atoms with van der Waals surface area (Å²) >= 11 is 0. The zero-order valence-electron chi connectivity index (χ0n) is 14.2. The minimum atomic E-state index is -3.63. The van der Waals surface area contributed by atoms with E-state index in [1.54, 1.807) is 54.6 Å². The number of nitrogens with zero attached hydrogens (tertiary/aromatic N) is 2. The van der Waals surface area contributed by atoms with E-state index in [0.29, 0.717) is 11.5 Å². The molecule has 2 N–H and O–H groups in total. The molecule has 3 aromatic carbocycles. The molecule has 4 rings (SSSR count). The van der Waals surface area contributed by atoms with Gasteiger partial charge in [0.25, 0.3) is 0 Å². The van der Waals surface area contributed by atoms with Crippen LogP contribution >= 0.6 is 0 Å². The van der Waals surface area contributed by atoms with E-state index in [4.69, 9.17) is 0 Å². The predicted octanol–water partition coefficient (Wildman–Crippen LogP) is 3.84. The number of H-pyrrole nitrogens is 1. The summed E-state index contributed by atoms with van der Waals surface area (Å²) < 4.78 is 25.8. The highest BCUT2D eigenvalue weighted by molar-refractivity contribution is 7.91. The molecule has 0 unspecified atom stereocenters. The first-order valence-corrected chi connectivity index (χ1v) is 9.76. The molecular formula is C20H16N4O2S. The number of rotatable bonds is 5. The van der Waals surface area contributed by atoms with Gasteiger partial charge in [0.1, 0.15) is 0 Å². The summed E-state index contributed by atoms with van der Waals surface area (Å²) in [5.41, 5.74) is 5.01. The molecule has 0 spiro atoms. The maximum Gasteiger partial charge on any atom is 0.222 e. The molecule has 0 aliphatic heterocycles. The highest BCUT2D eigenvalue weighted by Gasteiger charge is 2.19. The molecule has 4 aromatic rings. The molecule has 0 bridgehead atoms. The number of aromatic nitrogens is 2. The number of benzene rings is 3. The zero-order chi connectivity index (χ0) is 18.7. The number of sulfone groups is 1. The van der Waals surface area contributed by atoms with E-state index in [1.165, 1.54) is 6.21 Å². The summed E-state index contributed by atoms with van der Waals surface area (Å²) in [6.07, 6.45) is 1.48. The molecule has 0 fully saturated rings. The monoisotopic (exact) mass is 376 g/mol. The lowest BCUT2D eigenvalue weighted by molar-refractivity contribution is 0.596. The summed E-state index contributed by atoms with van der Waals surface area (Å²) in [5.74, 6) is 0.482. The van der Waals surface area contributed by atoms with Crippen LogP contribution in [0.1, 0.15) is 5.56 Å². The Morgan fingerprint density at radius 2 is 1.59 bits per heavy atom. The third-order valence-corrected chi connectivity index (χ3v) is 5.87. The lowest BCUT2D eigenvalue weighted by Crippen LogP contribution is -2.05. The molecule has 7 heteroatoms. The quantitative estimate of drug-likeness (QED) is 0.409. The van der Waals surface area contributed by atoms with E-state index < -0.39 is 9.84 Å². The SMILES string of the molecule is O=S(=O)(c1ccccc1)c1ccccc1/C=N\Nc1nc2ccccc2[nH]1. The molecule has 0 radical (unpaired) electrons. The Kier molecular flexibility index (Phi) is 4.43. The Morgan fingerprint density at radius 3 is 2.41 bits per heavy atom. The number of fused-ring (bicyclic) bond motifs is 1. The van der Waals surface area contributed by atoms with Gasteiger partial charge >= 0.3 is 0 Å². The molecule has 0 saturated carbocycles. The molecule has 0 aliphatic rings. The van der Waals surface area contributed by atoms with Crippen molar-refractivity contribution in [1.29, 1.82) is 0 Å². The van der Waals surface area contributed by atoms with Crippen LogP contribution in [0.4, 0.5) is 5.95 Å². The first-order chi connectivity index (χ1) is 13.1. The number of anilines is 1. The van der Waals surface area contributed by atoms with Crippen molar-refractivity contribution in [2.24, 2.45) is 5.10 Å². The van der Waals surface area contributed by atoms with E-state index in [0.717, 1.165) is 11.0 Å². The molecular weight excluding hydrogens is 360 g/mol. The number of nitrogens with one attached hydrogen (secondary N) is 2. The van der Waals surface area contributed by atoms with Gasteiger partial charge in [-0.1, -0.05) is 48.5 Å². The van der Waals surface area contributed by atoms with Gasteiger partial charge in [-0.15, -0.1) is 0 Å². The van der Waals surface area contributed by atoms with Crippen LogP contribution in [0.3, 0.4) is 0 Å². The van der Waals surface area contributed by atoms with Gasteiger partial charge in [0.05, 0.1) is 27.0 Å². The van der Waals surface area contributed by atoms with E-state index in [2.05, 4.69) is 20.5 Å². The Hall–Kier alpha value is -3.45. The molecule has 1 heterocycles. The van der Waals surface area contributed by atoms with Gasteiger partial charge in [-0.05, 0) is 30.3 Å². The van der Waals surface area contributed by atoms with Crippen LogP contribution in [0.25, 0.3) is 11.0 Å². The largest absolute Gasteiger partial charge is 0.323 e. The third kappa shape index (κ3) is 3.45. The third-order valence-electron chi connectivity index (χ3n) is 4.03. The van der Waals surface area contributed by atoms with Crippen molar-refractivity contribution in [3.63, 3.8) is 0 Å². The second-order valence-corrected chi connectivity index (χ2v) is 7.74. The first-order valence-electron chi connectivity index (χ1n) is 8.27. The van der Waals surface area contributed by atoms with Crippen molar-refractivity contribution >= 4 is 33.0 Å². The topological polar surface area (TPSA) is 87.2 Å². The van der Waals surface area contributed by atoms with Gasteiger partial charge in [-0.3, -0.25) is 0 Å². The Morgan fingerprint density at radius 1 is 0.889 bits per heavy atom. The summed E-state index contributed by atoms with van der Waals surface area (Å²) in [6.45, 7) is 0. The maximum atomic E-state index is 12.9. The molecule has 0 atom stereocenters. The molecule has 0 amide bonds. The Bertz CT molecular complexity index is 1180. The van der Waals surface area contributed by atoms with Gasteiger partial charge < -0.3 is 4.98 Å². The number of hydrogen-bond acceptors (Lipinski definition) is 5. The smallest absolute Gasteiger partial charge is 0.222 e. The number of para-hydroxylation sites is 2. The van der Waals surface area contributed by atoms with Gasteiger partial charge in [0.15, 0.2) is 0 Å². The van der Waals surface area contributed by atoms with Gasteiger partial charge in [0.2, 0.25) is 15.8 Å². The number of hydrazone groups is 1. The van der Waals surface area contributed by atoms with Gasteiger partial charge in [-0.2, -0.15) is 5.10 Å². The van der Waals surface area contributed by atoms with Gasteiger partial charge in [-0.25, -0.2) is 18.8 Å². The normalized spacial score (nSPS) is 11.9. The van der Waals surface area contributed by atoms with E-state index >= 15 is 0 Å². The number of aromatic amines is 1. The Labute approximate surface area is 156 Å². The highest BCUT2D eigenvalue weighted by atomic mass is 32.2. The Balaban J connectivity index is 1.62. The second kappa shape index (κ2) is 7.05. The molecule has 1 aromatic heterocycles. The van der Waals surface area contributed by atoms with Crippen LogP contribution < -0.4 is 5.43 Å². The molecule has 0 saturated heterocycles. The summed E-state index contributed by atoms with van der Waals surface area (Å²) in [7, 11) is -3.63. The van der Waals surface area contributed by atoms with Crippen LogP contribution in [-0.4, -0.2) is 24.6 Å². The fraction of sp³-hybridized carbons (Fsp3) is 0. The van der Waals surface area contributed by atoms with Gasteiger partial charge in [0, 0.05) is 5.56 Å². The van der Waals surface area contributed by atoms with E-state index in [-0.39, 0.29) is 9.79 Å². The maximum absolute atomic E-state index is 12.9. The minimum absolute atomic E-state index is 0.200. The van der Waals surface area contributed by atoms with Crippen molar-refractivity contribution in [2.45, 2.75) is 9.79 Å². The first kappa shape index (κ1) is 17.0. The van der Waals surface area contributed by atoms with Crippen molar-refractivity contribution in [1.82, 2.24) is 9.97 Å². The zero-order valence-corrected chi connectivity index (χ0v) is 15.0. The van der Waals surface area contributed by atoms with Crippen molar-refractivity contribution in [3.8, 4) is 0 Å². The molecule has 0 aliphatic carbocycles. The standard InChI is InChI=1S/C20H16N4O2S/c25-27(26,16-9-2-1-3-10-16)19-13-7-4-8-15(19)14-21-24-20-22-17-11-5-6-12-18(17)23-20/h1-14H,(H2,22,23,24)/b21-14-. The molecule has 134 valence electrons. The fourth-order valence-corrected chi connectivity index (χ4v) is 4.19. The van der Waals surface area contributed by atoms with E-state index in [9.17, 15) is 8.42 Å². The van der Waals surface area contributed by atoms with Crippen molar-refractivity contribution in [3.05, 3.63) is 84.4 Å². The minimum Gasteiger partial charge on any atom is -0.323 e. The number of imidazole rings is 1. The second-order valence-electron chi connectivity index (χ2n) is 5.83. The predicted molar refractivity (Wildman–Crippen MR) is 106 cm³/mol. The van der Waals surface area contributed by atoms with E-state index in [1.807, 2.05) is 24.3 Å².